The van der Waals surface area contributed by atoms with Crippen LogP contribution in [0.1, 0.15) is 150 Å². The Labute approximate surface area is 284 Å². The van der Waals surface area contributed by atoms with E-state index in [4.69, 9.17) is 4.74 Å². The summed E-state index contributed by atoms with van der Waals surface area (Å²) in [6.07, 6.45) is 18.7. The highest BCUT2D eigenvalue weighted by atomic mass is 16.5. The van der Waals surface area contributed by atoms with Crippen molar-refractivity contribution in [1.29, 1.82) is 10.5 Å². The van der Waals surface area contributed by atoms with Crippen molar-refractivity contribution in [2.45, 2.75) is 142 Å². The van der Waals surface area contributed by atoms with Crippen LogP contribution in [0, 0.1) is 69.0 Å². The van der Waals surface area contributed by atoms with Crippen molar-refractivity contribution < 1.29 is 4.74 Å². The van der Waals surface area contributed by atoms with E-state index in [-0.39, 0.29) is 0 Å². The van der Waals surface area contributed by atoms with Crippen molar-refractivity contribution in [3.63, 3.8) is 0 Å². The zero-order valence-electron chi connectivity index (χ0n) is 29.5. The minimum Gasteiger partial charge on any atom is -0.457 e. The van der Waals surface area contributed by atoms with Gasteiger partial charge in [0.05, 0.1) is 12.1 Å². The number of rotatable bonds is 6. The number of hydrogen-bond acceptors (Lipinski definition) is 3. The van der Waals surface area contributed by atoms with Crippen LogP contribution in [0.3, 0.4) is 0 Å². The van der Waals surface area contributed by atoms with Gasteiger partial charge in [0.1, 0.15) is 11.5 Å². The standard InChI is InChI=1S/C44H56N2O/c1-5-27-23-37-29(7-11-35-33(37)15-19-43(3)31(17-21-45)9-13-39(35)43)25-41(27)47-42-26-30-8-12-36-34(38(30)24-28(42)6-2)16-20-44(4)32(18-22-46)10-14-40(36)44/h23-26,31-36,39-40H,5-20H2,1-4H3. The maximum atomic E-state index is 9.51. The van der Waals surface area contributed by atoms with Gasteiger partial charge in [0.15, 0.2) is 0 Å². The summed E-state index contributed by atoms with van der Waals surface area (Å²) in [4.78, 5) is 0. The first kappa shape index (κ1) is 31.5. The molecule has 2 aromatic carbocycles. The van der Waals surface area contributed by atoms with E-state index in [1.165, 1.54) is 86.5 Å². The fraction of sp³-hybridized carbons (Fsp3) is 0.682. The minimum absolute atomic E-state index is 0.363. The van der Waals surface area contributed by atoms with E-state index < -0.39 is 0 Å². The predicted octanol–water partition coefficient (Wildman–Crippen LogP) is 11.4. The second kappa shape index (κ2) is 12.0. The van der Waals surface area contributed by atoms with Crippen LogP contribution in [0.4, 0.5) is 0 Å². The highest BCUT2D eigenvalue weighted by Crippen LogP contribution is 2.65. The van der Waals surface area contributed by atoms with Gasteiger partial charge in [0, 0.05) is 12.8 Å². The quantitative estimate of drug-likeness (QED) is 0.320. The van der Waals surface area contributed by atoms with Crippen molar-refractivity contribution in [3.05, 3.63) is 57.6 Å². The van der Waals surface area contributed by atoms with Crippen LogP contribution in [-0.4, -0.2) is 0 Å². The topological polar surface area (TPSA) is 56.8 Å². The lowest BCUT2D eigenvalue weighted by atomic mass is 9.54. The van der Waals surface area contributed by atoms with Gasteiger partial charge in [0.25, 0.3) is 0 Å². The molecule has 6 aliphatic carbocycles. The van der Waals surface area contributed by atoms with E-state index in [9.17, 15) is 10.5 Å². The number of ether oxygens (including phenoxy) is 1. The molecule has 0 bridgehead atoms. The third-order valence-corrected chi connectivity index (χ3v) is 15.9. The lowest BCUT2D eigenvalue weighted by molar-refractivity contribution is 0.0297. The maximum absolute atomic E-state index is 9.51. The van der Waals surface area contributed by atoms with Crippen LogP contribution in [0.25, 0.3) is 0 Å². The smallest absolute Gasteiger partial charge is 0.130 e. The zero-order chi connectivity index (χ0) is 32.5. The second-order valence-corrected chi connectivity index (χ2v) is 17.3. The summed E-state index contributed by atoms with van der Waals surface area (Å²) in [5.74, 6) is 7.83. The molecule has 8 rings (SSSR count). The molecule has 3 heteroatoms. The van der Waals surface area contributed by atoms with E-state index in [0.717, 1.165) is 73.7 Å². The first-order valence-corrected chi connectivity index (χ1v) is 19.6. The fourth-order valence-electron chi connectivity index (χ4n) is 13.3. The van der Waals surface area contributed by atoms with Crippen LogP contribution < -0.4 is 4.74 Å². The lowest BCUT2D eigenvalue weighted by Gasteiger charge is -2.51. The average molecular weight is 629 g/mol. The number of aryl methyl sites for hydroxylation is 4. The Kier molecular flexibility index (Phi) is 8.02. The maximum Gasteiger partial charge on any atom is 0.130 e. The van der Waals surface area contributed by atoms with E-state index in [0.29, 0.717) is 34.5 Å². The van der Waals surface area contributed by atoms with Gasteiger partial charge in [0.2, 0.25) is 0 Å². The highest BCUT2D eigenvalue weighted by Gasteiger charge is 2.56. The van der Waals surface area contributed by atoms with Crippen molar-refractivity contribution in [3.8, 4) is 23.6 Å². The molecular weight excluding hydrogens is 572 g/mol. The second-order valence-electron chi connectivity index (χ2n) is 17.3. The van der Waals surface area contributed by atoms with Crippen LogP contribution in [0.5, 0.6) is 11.5 Å². The Bertz CT molecular complexity index is 1510. The summed E-state index contributed by atoms with van der Waals surface area (Å²) < 4.78 is 7.02. The van der Waals surface area contributed by atoms with Crippen LogP contribution in [0.2, 0.25) is 0 Å². The van der Waals surface area contributed by atoms with Crippen molar-refractivity contribution in [2.24, 2.45) is 46.3 Å². The summed E-state index contributed by atoms with van der Waals surface area (Å²) in [6, 6.07) is 15.1. The van der Waals surface area contributed by atoms with Gasteiger partial charge in [-0.2, -0.15) is 10.5 Å². The van der Waals surface area contributed by atoms with E-state index in [1.807, 2.05) is 0 Å². The number of benzene rings is 2. The molecule has 10 atom stereocenters. The summed E-state index contributed by atoms with van der Waals surface area (Å²) in [7, 11) is 0. The van der Waals surface area contributed by atoms with Crippen molar-refractivity contribution in [1.82, 2.24) is 0 Å². The summed E-state index contributed by atoms with van der Waals surface area (Å²) in [6.45, 7) is 9.66. The van der Waals surface area contributed by atoms with Gasteiger partial charge in [-0.15, -0.1) is 0 Å². The van der Waals surface area contributed by atoms with Gasteiger partial charge in [-0.25, -0.2) is 0 Å². The number of hydrogen-bond donors (Lipinski definition) is 0. The molecule has 2 aromatic rings. The Balaban J connectivity index is 1.05. The minimum atomic E-state index is 0.363. The van der Waals surface area contributed by atoms with Gasteiger partial charge in [-0.05, 0) is 194 Å². The SMILES string of the molecule is CCc1cc2c(cc1Oc1cc3c(cc1CC)C1CCC4(C)C(CC#N)CCC4C1CC3)CCC1C2CCC2(C)C(CC#N)CCC12. The molecule has 0 heterocycles. The molecule has 248 valence electrons. The molecule has 0 spiro atoms. The monoisotopic (exact) mass is 628 g/mol. The molecule has 0 aliphatic heterocycles. The molecule has 0 radical (unpaired) electrons. The van der Waals surface area contributed by atoms with Crippen molar-refractivity contribution in [2.75, 3.05) is 0 Å². The Morgan fingerprint density at radius 2 is 1.09 bits per heavy atom. The third kappa shape index (κ3) is 4.84. The van der Waals surface area contributed by atoms with Gasteiger partial charge in [-0.1, -0.05) is 39.8 Å². The van der Waals surface area contributed by atoms with Crippen LogP contribution in [-0.2, 0) is 25.7 Å². The summed E-state index contributed by atoms with van der Waals surface area (Å²) in [5.41, 5.74) is 9.77. The first-order chi connectivity index (χ1) is 22.8. The molecule has 0 N–H and O–H groups in total. The largest absolute Gasteiger partial charge is 0.457 e. The number of nitrogens with zero attached hydrogens (tertiary/aromatic N) is 2. The molecule has 6 aliphatic rings. The average Bonchev–Trinajstić information content (AvgIpc) is 3.60. The van der Waals surface area contributed by atoms with E-state index in [1.54, 1.807) is 11.1 Å². The lowest BCUT2D eigenvalue weighted by Crippen LogP contribution is -2.42. The van der Waals surface area contributed by atoms with Crippen LogP contribution >= 0.6 is 0 Å². The van der Waals surface area contributed by atoms with Gasteiger partial charge in [-0.3, -0.25) is 0 Å². The Morgan fingerprint density at radius 1 is 0.638 bits per heavy atom. The fourth-order valence-corrected chi connectivity index (χ4v) is 13.3. The first-order valence-electron chi connectivity index (χ1n) is 19.6. The molecule has 4 fully saturated rings. The zero-order valence-corrected chi connectivity index (χ0v) is 29.5. The van der Waals surface area contributed by atoms with E-state index >= 15 is 0 Å². The van der Waals surface area contributed by atoms with Gasteiger partial charge < -0.3 is 4.74 Å². The third-order valence-electron chi connectivity index (χ3n) is 15.9. The molecule has 0 saturated heterocycles. The molecule has 3 nitrogen and oxygen atoms in total. The molecule has 4 saturated carbocycles. The molecule has 0 aromatic heterocycles. The molecule has 0 amide bonds. The van der Waals surface area contributed by atoms with E-state index in [2.05, 4.69) is 64.1 Å². The summed E-state index contributed by atoms with van der Waals surface area (Å²) in [5, 5.41) is 19.0. The predicted molar refractivity (Wildman–Crippen MR) is 188 cm³/mol. The molecular formula is C44H56N2O. The Hall–Kier alpha value is -2.78. The highest BCUT2D eigenvalue weighted by molar-refractivity contribution is 5.52. The number of fused-ring (bicyclic) bond motifs is 10. The van der Waals surface area contributed by atoms with Crippen molar-refractivity contribution >= 4 is 0 Å². The Morgan fingerprint density at radius 3 is 1.49 bits per heavy atom. The normalized spacial score (nSPS) is 38.1. The van der Waals surface area contributed by atoms with Crippen LogP contribution in [0.15, 0.2) is 24.3 Å². The molecule has 47 heavy (non-hydrogen) atoms. The summed E-state index contributed by atoms with van der Waals surface area (Å²) >= 11 is 0. The number of nitriles is 2. The molecule has 10 unspecified atom stereocenters. The van der Waals surface area contributed by atoms with Gasteiger partial charge >= 0.3 is 0 Å².